The zero-order valence-electron chi connectivity index (χ0n) is 10.5. The summed E-state index contributed by atoms with van der Waals surface area (Å²) in [7, 11) is -3.42. The summed E-state index contributed by atoms with van der Waals surface area (Å²) in [4.78, 5) is 11.7. The number of sulfonamides is 1. The molecule has 1 aromatic carbocycles. The van der Waals surface area contributed by atoms with E-state index in [4.69, 9.17) is 0 Å². The lowest BCUT2D eigenvalue weighted by Crippen LogP contribution is -2.40. The van der Waals surface area contributed by atoms with Crippen molar-refractivity contribution in [3.05, 3.63) is 30.3 Å². The lowest BCUT2D eigenvalue weighted by atomic mass is 9.89. The average Bonchev–Trinajstić information content (AvgIpc) is 2.83. The van der Waals surface area contributed by atoms with Gasteiger partial charge >= 0.3 is 0 Å². The van der Waals surface area contributed by atoms with Crippen molar-refractivity contribution in [1.82, 2.24) is 9.62 Å². The minimum absolute atomic E-state index is 0.0280. The van der Waals surface area contributed by atoms with E-state index >= 15 is 0 Å². The molecule has 0 aromatic heterocycles. The molecule has 2 aliphatic heterocycles. The highest BCUT2D eigenvalue weighted by Crippen LogP contribution is 2.32. The third-order valence-electron chi connectivity index (χ3n) is 3.93. The normalized spacial score (nSPS) is 27.9. The van der Waals surface area contributed by atoms with Crippen LogP contribution in [0.3, 0.4) is 0 Å². The number of carbonyl (C=O) groups is 1. The second-order valence-electron chi connectivity index (χ2n) is 5.16. The first-order valence-electron chi connectivity index (χ1n) is 6.39. The quantitative estimate of drug-likeness (QED) is 0.855. The Balaban J connectivity index is 1.83. The molecule has 3 rings (SSSR count). The molecular weight excluding hydrogens is 264 g/mol. The summed E-state index contributed by atoms with van der Waals surface area (Å²) < 4.78 is 26.5. The topological polar surface area (TPSA) is 66.5 Å². The van der Waals surface area contributed by atoms with Crippen molar-refractivity contribution in [2.75, 3.05) is 19.6 Å². The van der Waals surface area contributed by atoms with E-state index in [0.29, 0.717) is 31.0 Å². The van der Waals surface area contributed by atoms with Crippen LogP contribution in [-0.4, -0.2) is 38.3 Å². The fourth-order valence-corrected chi connectivity index (χ4v) is 4.43. The molecule has 5 nitrogen and oxygen atoms in total. The van der Waals surface area contributed by atoms with Gasteiger partial charge in [0.15, 0.2) is 0 Å². The lowest BCUT2D eigenvalue weighted by molar-refractivity contribution is -0.124. The van der Waals surface area contributed by atoms with Gasteiger partial charge in [0.1, 0.15) is 0 Å². The number of carbonyl (C=O) groups excluding carboxylic acids is 1. The Hall–Kier alpha value is -1.40. The molecule has 1 aromatic rings. The molecule has 1 N–H and O–H groups in total. The number of nitrogens with zero attached hydrogens (tertiary/aromatic N) is 1. The van der Waals surface area contributed by atoms with Crippen molar-refractivity contribution < 1.29 is 13.2 Å². The molecule has 102 valence electrons. The van der Waals surface area contributed by atoms with Gasteiger partial charge in [-0.05, 0) is 24.0 Å². The van der Waals surface area contributed by atoms with Gasteiger partial charge in [-0.25, -0.2) is 8.42 Å². The molecule has 6 heteroatoms. The van der Waals surface area contributed by atoms with Crippen molar-refractivity contribution in [3.63, 3.8) is 0 Å². The predicted octanol–water partition coefficient (Wildman–Crippen LogP) is 0.443. The van der Waals surface area contributed by atoms with E-state index in [-0.39, 0.29) is 17.7 Å². The number of hydrogen-bond donors (Lipinski definition) is 1. The second-order valence-corrected chi connectivity index (χ2v) is 7.10. The second kappa shape index (κ2) is 4.61. The summed E-state index contributed by atoms with van der Waals surface area (Å²) >= 11 is 0. The van der Waals surface area contributed by atoms with E-state index in [1.807, 2.05) is 0 Å². The Labute approximate surface area is 112 Å². The molecule has 0 saturated carbocycles. The molecular formula is C13H16N2O3S. The molecule has 2 unspecified atom stereocenters. The number of hydrogen-bond acceptors (Lipinski definition) is 3. The first-order chi connectivity index (χ1) is 9.07. The van der Waals surface area contributed by atoms with Crippen LogP contribution in [0.1, 0.15) is 6.42 Å². The molecule has 1 amide bonds. The van der Waals surface area contributed by atoms with E-state index in [1.165, 1.54) is 4.31 Å². The van der Waals surface area contributed by atoms with Crippen molar-refractivity contribution >= 4 is 15.9 Å². The molecule has 2 atom stereocenters. The number of benzene rings is 1. The molecule has 2 fully saturated rings. The van der Waals surface area contributed by atoms with E-state index in [9.17, 15) is 13.2 Å². The van der Waals surface area contributed by atoms with E-state index < -0.39 is 10.0 Å². The van der Waals surface area contributed by atoms with Gasteiger partial charge < -0.3 is 5.32 Å². The number of fused-ring (bicyclic) bond motifs is 1. The Morgan fingerprint density at radius 2 is 1.79 bits per heavy atom. The summed E-state index contributed by atoms with van der Waals surface area (Å²) in [6.45, 7) is 1.54. The van der Waals surface area contributed by atoms with Crippen molar-refractivity contribution in [2.45, 2.75) is 11.3 Å². The highest BCUT2D eigenvalue weighted by Gasteiger charge is 2.41. The SMILES string of the molecule is O=C1CC2CN(S(=O)(=O)c3ccccc3)CC2CN1. The van der Waals surface area contributed by atoms with Crippen LogP contribution < -0.4 is 5.32 Å². The fraction of sp³-hybridized carbons (Fsp3) is 0.462. The molecule has 2 saturated heterocycles. The van der Waals surface area contributed by atoms with Gasteiger partial charge in [0, 0.05) is 26.1 Å². The van der Waals surface area contributed by atoms with Crippen LogP contribution in [0.4, 0.5) is 0 Å². The number of rotatable bonds is 2. The summed E-state index contributed by atoms with van der Waals surface area (Å²) in [5.41, 5.74) is 0. The van der Waals surface area contributed by atoms with E-state index in [0.717, 1.165) is 0 Å². The highest BCUT2D eigenvalue weighted by atomic mass is 32.2. The zero-order chi connectivity index (χ0) is 13.5. The smallest absolute Gasteiger partial charge is 0.243 e. The van der Waals surface area contributed by atoms with Gasteiger partial charge in [0.2, 0.25) is 15.9 Å². The molecule has 0 bridgehead atoms. The largest absolute Gasteiger partial charge is 0.356 e. The van der Waals surface area contributed by atoms with Crippen LogP contribution >= 0.6 is 0 Å². The Kier molecular flexibility index (Phi) is 3.06. The number of piperidine rings is 1. The van der Waals surface area contributed by atoms with Crippen LogP contribution in [0.15, 0.2) is 35.2 Å². The van der Waals surface area contributed by atoms with E-state index in [2.05, 4.69) is 5.32 Å². The minimum Gasteiger partial charge on any atom is -0.356 e. The summed E-state index contributed by atoms with van der Waals surface area (Å²) in [6.07, 6.45) is 0.436. The van der Waals surface area contributed by atoms with Crippen molar-refractivity contribution in [1.29, 1.82) is 0 Å². The average molecular weight is 280 g/mol. The third-order valence-corrected chi connectivity index (χ3v) is 5.78. The number of amides is 1. The van der Waals surface area contributed by atoms with E-state index in [1.54, 1.807) is 30.3 Å². The number of nitrogens with one attached hydrogen (secondary N) is 1. The lowest BCUT2D eigenvalue weighted by Gasteiger charge is -2.23. The standard InChI is InChI=1S/C13H16N2O3S/c16-13-6-10-8-15(9-11(10)7-14-13)19(17,18)12-4-2-1-3-5-12/h1-5,10-11H,6-9H2,(H,14,16). The van der Waals surface area contributed by atoms with Gasteiger partial charge in [0.25, 0.3) is 0 Å². The monoisotopic (exact) mass is 280 g/mol. The van der Waals surface area contributed by atoms with Crippen LogP contribution in [0.25, 0.3) is 0 Å². The summed E-state index contributed by atoms with van der Waals surface area (Å²) in [6, 6.07) is 8.47. The van der Waals surface area contributed by atoms with Gasteiger partial charge in [-0.1, -0.05) is 18.2 Å². The first kappa shape index (κ1) is 12.6. The van der Waals surface area contributed by atoms with Gasteiger partial charge in [0.05, 0.1) is 4.90 Å². The maximum atomic E-state index is 12.5. The van der Waals surface area contributed by atoms with Gasteiger partial charge in [-0.15, -0.1) is 0 Å². The van der Waals surface area contributed by atoms with Crippen LogP contribution in [0.5, 0.6) is 0 Å². The summed E-state index contributed by atoms with van der Waals surface area (Å²) in [5.74, 6) is 0.434. The molecule has 0 radical (unpaired) electrons. The molecule has 0 spiro atoms. The van der Waals surface area contributed by atoms with Crippen LogP contribution in [-0.2, 0) is 14.8 Å². The van der Waals surface area contributed by atoms with Crippen molar-refractivity contribution in [2.24, 2.45) is 11.8 Å². The molecule has 2 aliphatic rings. The zero-order valence-corrected chi connectivity index (χ0v) is 11.3. The van der Waals surface area contributed by atoms with Gasteiger partial charge in [-0.2, -0.15) is 4.31 Å². The Morgan fingerprint density at radius 1 is 1.11 bits per heavy atom. The van der Waals surface area contributed by atoms with Crippen LogP contribution in [0.2, 0.25) is 0 Å². The Morgan fingerprint density at radius 3 is 2.53 bits per heavy atom. The highest BCUT2D eigenvalue weighted by molar-refractivity contribution is 7.89. The van der Waals surface area contributed by atoms with Crippen molar-refractivity contribution in [3.8, 4) is 0 Å². The Bertz CT molecular complexity index is 585. The van der Waals surface area contributed by atoms with Gasteiger partial charge in [-0.3, -0.25) is 4.79 Å². The fourth-order valence-electron chi connectivity index (χ4n) is 2.85. The minimum atomic E-state index is -3.42. The van der Waals surface area contributed by atoms with Crippen LogP contribution in [0, 0.1) is 11.8 Å². The maximum Gasteiger partial charge on any atom is 0.243 e. The summed E-state index contributed by atoms with van der Waals surface area (Å²) in [5, 5.41) is 2.80. The molecule has 0 aliphatic carbocycles. The predicted molar refractivity (Wildman–Crippen MR) is 69.8 cm³/mol. The molecule has 2 heterocycles. The third kappa shape index (κ3) is 2.26. The first-order valence-corrected chi connectivity index (χ1v) is 7.83. The maximum absolute atomic E-state index is 12.5. The molecule has 19 heavy (non-hydrogen) atoms.